The molecule has 0 spiro atoms. The lowest BCUT2D eigenvalue weighted by Gasteiger charge is -2.33. The third kappa shape index (κ3) is 10.2. The minimum Gasteiger partial charge on any atom is -0.377 e. The molecule has 2 fully saturated rings. The fourth-order valence-corrected chi connectivity index (χ4v) is 8.89. The van der Waals surface area contributed by atoms with Crippen molar-refractivity contribution < 1.29 is 29.0 Å². The Morgan fingerprint density at radius 2 is 0.873 bits per heavy atom. The molecular formula is C46H50N8O8S. The molecule has 0 saturated carbocycles. The lowest BCUT2D eigenvalue weighted by molar-refractivity contribution is -0.387. The maximum absolute atomic E-state index is 13.4. The van der Waals surface area contributed by atoms with E-state index in [1.165, 1.54) is 38.1 Å². The number of piperazine rings is 2. The molecule has 2 heterocycles. The summed E-state index contributed by atoms with van der Waals surface area (Å²) in [5, 5.41) is 26.7. The van der Waals surface area contributed by atoms with E-state index in [1.807, 2.05) is 62.3 Å². The molecule has 0 aliphatic carbocycles. The first-order valence-electron chi connectivity index (χ1n) is 20.4. The first-order valence-corrected chi connectivity index (χ1v) is 21.2. The summed E-state index contributed by atoms with van der Waals surface area (Å²) in [7, 11) is 7.27. The van der Waals surface area contributed by atoms with Gasteiger partial charge in [-0.25, -0.2) is 0 Å². The molecule has 4 aromatic carbocycles. The summed E-state index contributed by atoms with van der Waals surface area (Å²) in [6.07, 6.45) is 5.85. The van der Waals surface area contributed by atoms with Crippen molar-refractivity contribution in [3.63, 3.8) is 0 Å². The molecule has 17 heteroatoms. The molecule has 0 bridgehead atoms. The van der Waals surface area contributed by atoms with Gasteiger partial charge in [0.25, 0.3) is 11.4 Å². The molecule has 0 unspecified atom stereocenters. The van der Waals surface area contributed by atoms with Crippen LogP contribution in [0.1, 0.15) is 25.0 Å². The second-order valence-electron chi connectivity index (χ2n) is 15.5. The van der Waals surface area contributed by atoms with Crippen molar-refractivity contribution >= 4 is 70.3 Å². The van der Waals surface area contributed by atoms with Gasteiger partial charge in [0, 0.05) is 129 Å². The van der Waals surface area contributed by atoms with Gasteiger partial charge in [0.15, 0.2) is 0 Å². The molecule has 0 aromatic heterocycles. The standard InChI is InChI=1S/C46H50N8O8S/c1-31(55)49-23-27-51(28-24-49)41(57)21-17-33-15-19-39(45(53(59)60)43(33)35-11-7-9-13-37(35)47(3)4)63-40-20-16-34(18-22-42(58)52-29-25-50(26-30-52)32(2)56)44(46(40)54(61)62)36-12-8-10-14-38(36)48(5)6/h7-22H,23-30H2,1-6H3. The molecule has 2 saturated heterocycles. The number of amides is 4. The summed E-state index contributed by atoms with van der Waals surface area (Å²) in [6, 6.07) is 20.8. The van der Waals surface area contributed by atoms with Crippen LogP contribution in [0, 0.1) is 20.2 Å². The molecule has 16 nitrogen and oxygen atoms in total. The van der Waals surface area contributed by atoms with Crippen LogP contribution in [0.2, 0.25) is 0 Å². The van der Waals surface area contributed by atoms with Crippen molar-refractivity contribution in [2.75, 3.05) is 90.3 Å². The van der Waals surface area contributed by atoms with Crippen molar-refractivity contribution in [1.82, 2.24) is 19.6 Å². The maximum atomic E-state index is 13.4. The summed E-state index contributed by atoms with van der Waals surface area (Å²) in [5.74, 6) is -0.744. The number of anilines is 2. The molecular weight excluding hydrogens is 825 g/mol. The SMILES string of the molecule is CC(=O)N1CCN(C(=O)C=Cc2ccc(Sc3ccc(C=CC(=O)N4CCN(C(C)=O)CC4)c(-c4ccccc4N(C)C)c3[N+](=O)[O-])c([N+](=O)[O-])c2-c2ccccc2N(C)C)CC1. The van der Waals surface area contributed by atoms with Crippen LogP contribution in [0.5, 0.6) is 0 Å². The zero-order valence-electron chi connectivity index (χ0n) is 36.1. The van der Waals surface area contributed by atoms with E-state index in [0.29, 0.717) is 86.0 Å². The summed E-state index contributed by atoms with van der Waals surface area (Å²) in [5.41, 5.74) is 2.99. The van der Waals surface area contributed by atoms with Crippen LogP contribution in [-0.2, 0) is 19.2 Å². The Morgan fingerprint density at radius 3 is 1.19 bits per heavy atom. The average molecular weight is 875 g/mol. The number of nitro benzene ring substituents is 2. The third-order valence-corrected chi connectivity index (χ3v) is 12.2. The van der Waals surface area contributed by atoms with Gasteiger partial charge in [-0.1, -0.05) is 60.3 Å². The number of carbonyl (C=O) groups excluding carboxylic acids is 4. The molecule has 6 rings (SSSR count). The highest BCUT2D eigenvalue weighted by atomic mass is 32.2. The molecule has 4 amide bonds. The number of nitrogens with zero attached hydrogens (tertiary/aromatic N) is 8. The van der Waals surface area contributed by atoms with E-state index >= 15 is 0 Å². The summed E-state index contributed by atoms with van der Waals surface area (Å²) in [4.78, 5) is 86.8. The normalized spacial score (nSPS) is 14.3. The van der Waals surface area contributed by atoms with Gasteiger partial charge >= 0.3 is 0 Å². The van der Waals surface area contributed by atoms with E-state index < -0.39 is 9.85 Å². The smallest absolute Gasteiger partial charge is 0.291 e. The number of rotatable bonds is 12. The van der Waals surface area contributed by atoms with Gasteiger partial charge in [0.1, 0.15) is 0 Å². The van der Waals surface area contributed by atoms with Crippen molar-refractivity contribution in [3.8, 4) is 22.3 Å². The van der Waals surface area contributed by atoms with Gasteiger partial charge in [-0.2, -0.15) is 0 Å². The first-order chi connectivity index (χ1) is 30.1. The lowest BCUT2D eigenvalue weighted by atomic mass is 9.95. The minimum atomic E-state index is -0.503. The number of hydrogen-bond donors (Lipinski definition) is 0. The molecule has 0 atom stereocenters. The molecule has 2 aliphatic heterocycles. The quantitative estimate of drug-likeness (QED) is 0.0861. The Bertz CT molecular complexity index is 2330. The van der Waals surface area contributed by atoms with Gasteiger partial charge in [0.05, 0.1) is 30.8 Å². The highest BCUT2D eigenvalue weighted by Gasteiger charge is 2.32. The van der Waals surface area contributed by atoms with Crippen LogP contribution >= 0.6 is 11.8 Å². The van der Waals surface area contributed by atoms with Crippen LogP contribution in [0.4, 0.5) is 22.7 Å². The van der Waals surface area contributed by atoms with Gasteiger partial charge in [0.2, 0.25) is 23.6 Å². The average Bonchev–Trinajstić information content (AvgIpc) is 3.27. The topological polar surface area (TPSA) is 174 Å². The second-order valence-corrected chi connectivity index (χ2v) is 16.6. The van der Waals surface area contributed by atoms with Crippen LogP contribution < -0.4 is 9.80 Å². The summed E-state index contributed by atoms with van der Waals surface area (Å²) >= 11 is 0.887. The lowest BCUT2D eigenvalue weighted by Crippen LogP contribution is -2.49. The Kier molecular flexibility index (Phi) is 14.3. The van der Waals surface area contributed by atoms with Crippen molar-refractivity contribution in [3.05, 3.63) is 116 Å². The third-order valence-electron chi connectivity index (χ3n) is 11.1. The Labute approximate surface area is 370 Å². The van der Waals surface area contributed by atoms with Gasteiger partial charge in [-0.05, 0) is 47.5 Å². The largest absolute Gasteiger partial charge is 0.377 e. The highest BCUT2D eigenvalue weighted by Crippen LogP contribution is 2.50. The molecule has 4 aromatic rings. The second kappa shape index (κ2) is 19.8. The van der Waals surface area contributed by atoms with Crippen LogP contribution in [-0.4, -0.2) is 134 Å². The fourth-order valence-electron chi connectivity index (χ4n) is 7.83. The molecule has 328 valence electrons. The van der Waals surface area contributed by atoms with Crippen molar-refractivity contribution in [2.45, 2.75) is 23.6 Å². The highest BCUT2D eigenvalue weighted by molar-refractivity contribution is 7.99. The molecule has 0 N–H and O–H groups in total. The number of hydrogen-bond acceptors (Lipinski definition) is 11. The number of benzene rings is 4. The first kappa shape index (κ1) is 45.5. The van der Waals surface area contributed by atoms with Crippen molar-refractivity contribution in [1.29, 1.82) is 0 Å². The number of carbonyl (C=O) groups is 4. The van der Waals surface area contributed by atoms with Gasteiger partial charge < -0.3 is 29.4 Å². The zero-order chi connectivity index (χ0) is 45.5. The number of nitro groups is 2. The van der Waals surface area contributed by atoms with Crippen LogP contribution in [0.25, 0.3) is 34.4 Å². The molecule has 0 radical (unpaired) electrons. The summed E-state index contributed by atoms with van der Waals surface area (Å²) < 4.78 is 0. The van der Waals surface area contributed by atoms with E-state index in [4.69, 9.17) is 0 Å². The summed E-state index contributed by atoms with van der Waals surface area (Å²) in [6.45, 7) is 5.96. The van der Waals surface area contributed by atoms with Gasteiger partial charge in [-0.3, -0.25) is 39.4 Å². The predicted molar refractivity (Wildman–Crippen MR) is 246 cm³/mol. The Balaban J connectivity index is 1.48. The fraction of sp³-hybridized carbons (Fsp3) is 0.304. The van der Waals surface area contributed by atoms with Crippen LogP contribution in [0.15, 0.2) is 94.7 Å². The number of para-hydroxylation sites is 2. The Morgan fingerprint density at radius 1 is 0.540 bits per heavy atom. The van der Waals surface area contributed by atoms with Crippen LogP contribution in [0.3, 0.4) is 0 Å². The van der Waals surface area contributed by atoms with E-state index in [-0.39, 0.29) is 55.9 Å². The Hall–Kier alpha value is -7.01. The van der Waals surface area contributed by atoms with E-state index in [0.717, 1.165) is 11.8 Å². The maximum Gasteiger partial charge on any atom is 0.291 e. The van der Waals surface area contributed by atoms with E-state index in [2.05, 4.69) is 0 Å². The zero-order valence-corrected chi connectivity index (χ0v) is 37.0. The van der Waals surface area contributed by atoms with Gasteiger partial charge in [-0.15, -0.1) is 0 Å². The van der Waals surface area contributed by atoms with E-state index in [1.54, 1.807) is 68.1 Å². The minimum absolute atomic E-state index is 0.0652. The monoisotopic (exact) mass is 874 g/mol. The molecule has 2 aliphatic rings. The predicted octanol–water partition coefficient (Wildman–Crippen LogP) is 6.53. The van der Waals surface area contributed by atoms with E-state index in [9.17, 15) is 39.4 Å². The molecule has 63 heavy (non-hydrogen) atoms. The van der Waals surface area contributed by atoms with Crippen molar-refractivity contribution in [2.24, 2.45) is 0 Å².